The molecule has 2 rings (SSSR count). The number of nitrogens with zero attached hydrogens (tertiary/aromatic N) is 3. The molecular formula is C13H17N3O3. The molecule has 1 aliphatic heterocycles. The molecule has 102 valence electrons. The average molecular weight is 263 g/mol. The molecule has 0 unspecified atom stereocenters. The van der Waals surface area contributed by atoms with E-state index in [1.165, 1.54) is 7.11 Å². The third kappa shape index (κ3) is 3.29. The van der Waals surface area contributed by atoms with Crippen molar-refractivity contribution < 1.29 is 14.3 Å². The van der Waals surface area contributed by atoms with Crippen LogP contribution in [0.3, 0.4) is 0 Å². The van der Waals surface area contributed by atoms with Gasteiger partial charge in [0.1, 0.15) is 6.61 Å². The zero-order valence-electron chi connectivity index (χ0n) is 10.9. The van der Waals surface area contributed by atoms with E-state index in [0.717, 1.165) is 0 Å². The maximum Gasteiger partial charge on any atom is 0.254 e. The lowest BCUT2D eigenvalue weighted by Crippen LogP contribution is -2.51. The van der Waals surface area contributed by atoms with Gasteiger partial charge in [-0.05, 0) is 12.1 Å². The van der Waals surface area contributed by atoms with E-state index in [2.05, 4.69) is 4.98 Å². The minimum absolute atomic E-state index is 0.0127. The van der Waals surface area contributed by atoms with Crippen LogP contribution in [0.5, 0.6) is 0 Å². The molecule has 0 radical (unpaired) electrons. The van der Waals surface area contributed by atoms with Crippen molar-refractivity contribution in [2.45, 2.75) is 0 Å². The maximum atomic E-state index is 12.2. The predicted molar refractivity (Wildman–Crippen MR) is 68.6 cm³/mol. The molecule has 6 heteroatoms. The van der Waals surface area contributed by atoms with Crippen molar-refractivity contribution in [2.24, 2.45) is 0 Å². The molecule has 2 amide bonds. The van der Waals surface area contributed by atoms with Crippen LogP contribution in [0.4, 0.5) is 0 Å². The molecular weight excluding hydrogens is 246 g/mol. The highest BCUT2D eigenvalue weighted by Crippen LogP contribution is 2.08. The Bertz CT molecular complexity index is 442. The number of aromatic nitrogens is 1. The SMILES string of the molecule is COCC(=O)N1CCN(C(=O)c2ccncc2)CC1. The fourth-order valence-electron chi connectivity index (χ4n) is 2.05. The van der Waals surface area contributed by atoms with Crippen LogP contribution in [-0.2, 0) is 9.53 Å². The maximum absolute atomic E-state index is 12.2. The summed E-state index contributed by atoms with van der Waals surface area (Å²) in [6.07, 6.45) is 3.21. The molecule has 0 saturated carbocycles. The molecule has 2 heterocycles. The van der Waals surface area contributed by atoms with E-state index in [1.807, 2.05) is 0 Å². The summed E-state index contributed by atoms with van der Waals surface area (Å²) in [7, 11) is 1.50. The Labute approximate surface area is 112 Å². The third-order valence-electron chi connectivity index (χ3n) is 3.11. The van der Waals surface area contributed by atoms with Crippen molar-refractivity contribution in [3.05, 3.63) is 30.1 Å². The second kappa shape index (κ2) is 6.29. The van der Waals surface area contributed by atoms with Gasteiger partial charge < -0.3 is 14.5 Å². The molecule has 0 N–H and O–H groups in total. The summed E-state index contributed by atoms with van der Waals surface area (Å²) >= 11 is 0. The number of pyridine rings is 1. The van der Waals surface area contributed by atoms with Crippen molar-refractivity contribution in [3.63, 3.8) is 0 Å². The number of carbonyl (C=O) groups excluding carboxylic acids is 2. The van der Waals surface area contributed by atoms with E-state index in [9.17, 15) is 9.59 Å². The fraction of sp³-hybridized carbons (Fsp3) is 0.462. The normalized spacial score (nSPS) is 15.4. The number of carbonyl (C=O) groups is 2. The molecule has 0 spiro atoms. The van der Waals surface area contributed by atoms with Gasteiger partial charge in [0.2, 0.25) is 5.91 Å². The minimum atomic E-state index is -0.0292. The van der Waals surface area contributed by atoms with Crippen molar-refractivity contribution >= 4 is 11.8 Å². The van der Waals surface area contributed by atoms with Gasteiger partial charge in [0.15, 0.2) is 0 Å². The Morgan fingerprint density at radius 2 is 1.74 bits per heavy atom. The van der Waals surface area contributed by atoms with Gasteiger partial charge in [-0.2, -0.15) is 0 Å². The molecule has 1 aromatic rings. The van der Waals surface area contributed by atoms with Crippen molar-refractivity contribution in [2.75, 3.05) is 39.9 Å². The molecule has 0 bridgehead atoms. The molecule has 0 atom stereocenters. The van der Waals surface area contributed by atoms with Crippen LogP contribution >= 0.6 is 0 Å². The van der Waals surface area contributed by atoms with Crippen LogP contribution in [0.1, 0.15) is 10.4 Å². The predicted octanol–water partition coefficient (Wildman–Crippen LogP) is 0.0124. The van der Waals surface area contributed by atoms with Crippen molar-refractivity contribution in [1.29, 1.82) is 0 Å². The van der Waals surface area contributed by atoms with E-state index < -0.39 is 0 Å². The zero-order chi connectivity index (χ0) is 13.7. The van der Waals surface area contributed by atoms with Crippen LogP contribution < -0.4 is 0 Å². The summed E-state index contributed by atoms with van der Waals surface area (Å²) in [5.41, 5.74) is 0.631. The van der Waals surface area contributed by atoms with Gasteiger partial charge in [-0.1, -0.05) is 0 Å². The standard InChI is InChI=1S/C13H17N3O3/c1-19-10-12(17)15-6-8-16(9-7-15)13(18)11-2-4-14-5-3-11/h2-5H,6-10H2,1H3. The zero-order valence-corrected chi connectivity index (χ0v) is 10.9. The summed E-state index contributed by atoms with van der Waals surface area (Å²) in [4.78, 5) is 31.2. The highest BCUT2D eigenvalue weighted by Gasteiger charge is 2.24. The first-order valence-corrected chi connectivity index (χ1v) is 6.18. The quantitative estimate of drug-likeness (QED) is 0.771. The smallest absolute Gasteiger partial charge is 0.254 e. The molecule has 0 aliphatic carbocycles. The molecule has 6 nitrogen and oxygen atoms in total. The number of hydrogen-bond acceptors (Lipinski definition) is 4. The fourth-order valence-corrected chi connectivity index (χ4v) is 2.05. The van der Waals surface area contributed by atoms with Gasteiger partial charge in [0, 0.05) is 51.2 Å². The Morgan fingerprint density at radius 1 is 1.16 bits per heavy atom. The summed E-state index contributed by atoms with van der Waals surface area (Å²) in [6, 6.07) is 3.40. The second-order valence-corrected chi connectivity index (χ2v) is 4.34. The largest absolute Gasteiger partial charge is 0.375 e. The van der Waals surface area contributed by atoms with Crippen molar-refractivity contribution in [3.8, 4) is 0 Å². The topological polar surface area (TPSA) is 62.7 Å². The molecule has 1 aliphatic rings. The molecule has 1 fully saturated rings. The highest BCUT2D eigenvalue weighted by atomic mass is 16.5. The van der Waals surface area contributed by atoms with Crippen LogP contribution in [0.25, 0.3) is 0 Å². The van der Waals surface area contributed by atoms with Crippen LogP contribution in [0.2, 0.25) is 0 Å². The Kier molecular flexibility index (Phi) is 4.46. The van der Waals surface area contributed by atoms with Crippen LogP contribution in [0, 0.1) is 0 Å². The van der Waals surface area contributed by atoms with E-state index in [1.54, 1.807) is 34.3 Å². The first kappa shape index (κ1) is 13.5. The molecule has 0 aromatic carbocycles. The van der Waals surface area contributed by atoms with Gasteiger partial charge in [-0.15, -0.1) is 0 Å². The Morgan fingerprint density at radius 3 is 2.32 bits per heavy atom. The number of amides is 2. The summed E-state index contributed by atoms with van der Waals surface area (Å²) < 4.78 is 4.82. The summed E-state index contributed by atoms with van der Waals surface area (Å²) in [5.74, 6) is -0.0419. The molecule has 1 aromatic heterocycles. The Balaban J connectivity index is 1.90. The monoisotopic (exact) mass is 263 g/mol. The molecule has 1 saturated heterocycles. The molecule has 19 heavy (non-hydrogen) atoms. The lowest BCUT2D eigenvalue weighted by molar-refractivity contribution is -0.136. The van der Waals surface area contributed by atoms with Gasteiger partial charge in [-0.3, -0.25) is 14.6 Å². The van der Waals surface area contributed by atoms with Gasteiger partial charge >= 0.3 is 0 Å². The lowest BCUT2D eigenvalue weighted by Gasteiger charge is -2.34. The highest BCUT2D eigenvalue weighted by molar-refractivity contribution is 5.94. The van der Waals surface area contributed by atoms with E-state index in [4.69, 9.17) is 4.74 Å². The van der Waals surface area contributed by atoms with E-state index in [-0.39, 0.29) is 18.4 Å². The number of ether oxygens (including phenoxy) is 1. The average Bonchev–Trinajstić information content (AvgIpc) is 2.48. The number of methoxy groups -OCH3 is 1. The summed E-state index contributed by atoms with van der Waals surface area (Å²) in [6.45, 7) is 2.31. The van der Waals surface area contributed by atoms with Gasteiger partial charge in [0.05, 0.1) is 0 Å². The first-order chi connectivity index (χ1) is 9.22. The number of hydrogen-bond donors (Lipinski definition) is 0. The number of piperazine rings is 1. The van der Waals surface area contributed by atoms with Gasteiger partial charge in [0.25, 0.3) is 5.91 Å². The lowest BCUT2D eigenvalue weighted by atomic mass is 10.2. The minimum Gasteiger partial charge on any atom is -0.375 e. The first-order valence-electron chi connectivity index (χ1n) is 6.18. The Hall–Kier alpha value is -1.95. The van der Waals surface area contributed by atoms with Crippen molar-refractivity contribution in [1.82, 2.24) is 14.8 Å². The van der Waals surface area contributed by atoms with E-state index in [0.29, 0.717) is 31.7 Å². The number of rotatable bonds is 3. The van der Waals surface area contributed by atoms with Crippen LogP contribution in [-0.4, -0.2) is 66.5 Å². The van der Waals surface area contributed by atoms with Gasteiger partial charge in [-0.25, -0.2) is 0 Å². The second-order valence-electron chi connectivity index (χ2n) is 4.34. The van der Waals surface area contributed by atoms with E-state index >= 15 is 0 Å². The third-order valence-corrected chi connectivity index (χ3v) is 3.11. The van der Waals surface area contributed by atoms with Crippen LogP contribution in [0.15, 0.2) is 24.5 Å². The summed E-state index contributed by atoms with van der Waals surface area (Å²) in [5, 5.41) is 0.